The Morgan fingerprint density at radius 3 is 2.21 bits per heavy atom. The summed E-state index contributed by atoms with van der Waals surface area (Å²) in [7, 11) is 0. The molecule has 1 fully saturated rings. The van der Waals surface area contributed by atoms with Crippen molar-refractivity contribution in [2.75, 3.05) is 11.4 Å². The van der Waals surface area contributed by atoms with Crippen molar-refractivity contribution in [3.05, 3.63) is 30.3 Å². The van der Waals surface area contributed by atoms with E-state index in [0.29, 0.717) is 12.8 Å². The van der Waals surface area contributed by atoms with Crippen molar-refractivity contribution in [2.45, 2.75) is 52.1 Å². The van der Waals surface area contributed by atoms with Gasteiger partial charge in [0, 0.05) is 11.7 Å². The van der Waals surface area contributed by atoms with Crippen molar-refractivity contribution in [3.8, 4) is 0 Å². The minimum atomic E-state index is -0.882. The van der Waals surface area contributed by atoms with E-state index in [-0.39, 0.29) is 24.4 Å². The third-order valence-electron chi connectivity index (χ3n) is 4.57. The van der Waals surface area contributed by atoms with Crippen LogP contribution >= 0.6 is 0 Å². The van der Waals surface area contributed by atoms with Gasteiger partial charge in [0.2, 0.25) is 5.91 Å². The quantitative estimate of drug-likeness (QED) is 0.814. The summed E-state index contributed by atoms with van der Waals surface area (Å²) >= 11 is 0. The standard InChI is InChI=1S/C18H25N3O3/c1-5-18(6-2)16(23)20(17(24)19-18)12-15(22)21(13(3)4)14-10-8-7-9-11-14/h7-11,13H,5-6,12H2,1-4H3,(H,19,24). The van der Waals surface area contributed by atoms with E-state index in [2.05, 4.69) is 5.32 Å². The highest BCUT2D eigenvalue weighted by Crippen LogP contribution is 2.25. The number of urea groups is 1. The third-order valence-corrected chi connectivity index (χ3v) is 4.57. The third kappa shape index (κ3) is 3.13. The molecule has 6 heteroatoms. The van der Waals surface area contributed by atoms with Crippen LogP contribution < -0.4 is 10.2 Å². The highest BCUT2D eigenvalue weighted by atomic mass is 16.2. The first-order chi connectivity index (χ1) is 11.4. The smallest absolute Gasteiger partial charge is 0.323 e. The van der Waals surface area contributed by atoms with Gasteiger partial charge in [-0.25, -0.2) is 4.79 Å². The fourth-order valence-corrected chi connectivity index (χ4v) is 3.08. The van der Waals surface area contributed by atoms with Gasteiger partial charge in [-0.05, 0) is 38.8 Å². The van der Waals surface area contributed by atoms with E-state index < -0.39 is 11.6 Å². The number of hydrogen-bond acceptors (Lipinski definition) is 3. The maximum atomic E-state index is 12.8. The number of imide groups is 1. The maximum Gasteiger partial charge on any atom is 0.325 e. The minimum absolute atomic E-state index is 0.0808. The SMILES string of the molecule is CCC1(CC)NC(=O)N(CC(=O)N(c2ccccc2)C(C)C)C1=O. The molecule has 1 aliphatic heterocycles. The second-order valence-electron chi connectivity index (χ2n) is 6.30. The van der Waals surface area contributed by atoms with Crippen LogP contribution in [0.4, 0.5) is 10.5 Å². The van der Waals surface area contributed by atoms with Gasteiger partial charge in [-0.3, -0.25) is 14.5 Å². The Kier molecular flexibility index (Phi) is 5.26. The van der Waals surface area contributed by atoms with E-state index in [9.17, 15) is 14.4 Å². The lowest BCUT2D eigenvalue weighted by Gasteiger charge is -2.28. The Bertz CT molecular complexity index is 624. The molecule has 1 N–H and O–H groups in total. The molecule has 130 valence electrons. The first-order valence-electron chi connectivity index (χ1n) is 8.37. The number of rotatable bonds is 6. The molecule has 0 saturated carbocycles. The first-order valence-corrected chi connectivity index (χ1v) is 8.37. The van der Waals surface area contributed by atoms with Crippen molar-refractivity contribution in [1.82, 2.24) is 10.2 Å². The Hall–Kier alpha value is -2.37. The largest absolute Gasteiger partial charge is 0.325 e. The number of amides is 4. The fourth-order valence-electron chi connectivity index (χ4n) is 3.08. The average molecular weight is 331 g/mol. The van der Waals surface area contributed by atoms with Crippen molar-refractivity contribution in [1.29, 1.82) is 0 Å². The minimum Gasteiger partial charge on any atom is -0.323 e. The summed E-state index contributed by atoms with van der Waals surface area (Å²) in [5, 5.41) is 2.75. The number of hydrogen-bond donors (Lipinski definition) is 1. The van der Waals surface area contributed by atoms with Gasteiger partial charge in [0.25, 0.3) is 5.91 Å². The van der Waals surface area contributed by atoms with Gasteiger partial charge < -0.3 is 10.2 Å². The van der Waals surface area contributed by atoms with Gasteiger partial charge in [0.05, 0.1) is 0 Å². The van der Waals surface area contributed by atoms with Gasteiger partial charge in [0.1, 0.15) is 12.1 Å². The highest BCUT2D eigenvalue weighted by Gasteiger charge is 2.49. The zero-order valence-electron chi connectivity index (χ0n) is 14.7. The molecule has 6 nitrogen and oxygen atoms in total. The number of benzene rings is 1. The molecule has 0 bridgehead atoms. The van der Waals surface area contributed by atoms with Crippen LogP contribution in [0.5, 0.6) is 0 Å². The van der Waals surface area contributed by atoms with E-state index in [4.69, 9.17) is 0 Å². The molecule has 24 heavy (non-hydrogen) atoms. The molecule has 0 unspecified atom stereocenters. The number of anilines is 1. The van der Waals surface area contributed by atoms with E-state index in [1.807, 2.05) is 58.0 Å². The Labute approximate surface area is 142 Å². The molecule has 0 aliphatic carbocycles. The molecule has 0 radical (unpaired) electrons. The second-order valence-corrected chi connectivity index (χ2v) is 6.30. The Balaban J connectivity index is 2.22. The monoisotopic (exact) mass is 331 g/mol. The zero-order chi connectivity index (χ0) is 17.9. The lowest BCUT2D eigenvalue weighted by Crippen LogP contribution is -2.48. The molecular formula is C18H25N3O3. The predicted molar refractivity (Wildman–Crippen MR) is 92.6 cm³/mol. The summed E-state index contributed by atoms with van der Waals surface area (Å²) in [6.07, 6.45) is 1.01. The molecule has 1 saturated heterocycles. The Morgan fingerprint density at radius 1 is 1.17 bits per heavy atom. The van der Waals surface area contributed by atoms with Crippen LogP contribution in [-0.2, 0) is 9.59 Å². The molecule has 0 atom stereocenters. The van der Waals surface area contributed by atoms with E-state index in [1.165, 1.54) is 0 Å². The molecule has 1 aromatic carbocycles. The second kappa shape index (κ2) is 7.03. The number of nitrogens with zero attached hydrogens (tertiary/aromatic N) is 2. The van der Waals surface area contributed by atoms with Crippen LogP contribution in [0.1, 0.15) is 40.5 Å². The molecule has 4 amide bonds. The summed E-state index contributed by atoms with van der Waals surface area (Å²) in [6, 6.07) is 8.69. The van der Waals surface area contributed by atoms with Crippen molar-refractivity contribution in [3.63, 3.8) is 0 Å². The Morgan fingerprint density at radius 2 is 1.75 bits per heavy atom. The van der Waals surface area contributed by atoms with Crippen molar-refractivity contribution < 1.29 is 14.4 Å². The number of para-hydroxylation sites is 1. The van der Waals surface area contributed by atoms with Crippen LogP contribution in [-0.4, -0.2) is 40.9 Å². The van der Waals surface area contributed by atoms with Crippen LogP contribution in [0.3, 0.4) is 0 Å². The average Bonchev–Trinajstić information content (AvgIpc) is 2.80. The summed E-state index contributed by atoms with van der Waals surface area (Å²) < 4.78 is 0. The molecular weight excluding hydrogens is 306 g/mol. The summed E-state index contributed by atoms with van der Waals surface area (Å²) in [5.74, 6) is -0.592. The number of nitrogens with one attached hydrogen (secondary N) is 1. The van der Waals surface area contributed by atoms with Gasteiger partial charge in [0.15, 0.2) is 0 Å². The highest BCUT2D eigenvalue weighted by molar-refractivity contribution is 6.10. The van der Waals surface area contributed by atoms with Gasteiger partial charge in [-0.15, -0.1) is 0 Å². The van der Waals surface area contributed by atoms with Crippen molar-refractivity contribution >= 4 is 23.5 Å². The molecule has 0 spiro atoms. The van der Waals surface area contributed by atoms with Gasteiger partial charge in [-0.2, -0.15) is 0 Å². The van der Waals surface area contributed by atoms with Crippen LogP contribution in [0, 0.1) is 0 Å². The van der Waals surface area contributed by atoms with Crippen LogP contribution in [0.2, 0.25) is 0 Å². The molecule has 1 aromatic rings. The molecule has 2 rings (SSSR count). The van der Waals surface area contributed by atoms with Gasteiger partial charge in [-0.1, -0.05) is 32.0 Å². The lowest BCUT2D eigenvalue weighted by atomic mass is 9.93. The summed E-state index contributed by atoms with van der Waals surface area (Å²) in [5.41, 5.74) is -0.131. The molecule has 1 aliphatic rings. The lowest BCUT2D eigenvalue weighted by molar-refractivity contribution is -0.134. The van der Waals surface area contributed by atoms with Crippen LogP contribution in [0.15, 0.2) is 30.3 Å². The number of carbonyl (C=O) groups excluding carboxylic acids is 3. The summed E-state index contributed by atoms with van der Waals surface area (Å²) in [6.45, 7) is 7.27. The predicted octanol–water partition coefficient (Wildman–Crippen LogP) is 2.54. The van der Waals surface area contributed by atoms with E-state index >= 15 is 0 Å². The topological polar surface area (TPSA) is 69.7 Å². The van der Waals surface area contributed by atoms with Crippen molar-refractivity contribution in [2.24, 2.45) is 0 Å². The maximum absolute atomic E-state index is 12.8. The first kappa shape index (κ1) is 18.0. The van der Waals surface area contributed by atoms with Gasteiger partial charge >= 0.3 is 6.03 Å². The molecule has 1 heterocycles. The normalized spacial score (nSPS) is 16.5. The zero-order valence-corrected chi connectivity index (χ0v) is 14.7. The van der Waals surface area contributed by atoms with E-state index in [0.717, 1.165) is 10.6 Å². The van der Waals surface area contributed by atoms with Crippen LogP contribution in [0.25, 0.3) is 0 Å². The van der Waals surface area contributed by atoms with E-state index in [1.54, 1.807) is 4.90 Å². The summed E-state index contributed by atoms with van der Waals surface area (Å²) in [4.78, 5) is 40.3. The number of carbonyl (C=O) groups is 3. The molecule has 0 aromatic heterocycles. The fraction of sp³-hybridized carbons (Fsp3) is 0.500.